The van der Waals surface area contributed by atoms with Crippen LogP contribution in [0.4, 0.5) is 0 Å². The zero-order valence-corrected chi connectivity index (χ0v) is 38.2. The number of carbonyl (C=O) groups excluding carboxylic acids is 1. The fraction of sp³-hybridized carbons (Fsp3) is 0.851. The number of phosphoric ester groups is 1. The summed E-state index contributed by atoms with van der Waals surface area (Å²) in [4.78, 5) is 25.1. The van der Waals surface area contributed by atoms with Crippen LogP contribution in [0.5, 0.6) is 0 Å². The summed E-state index contributed by atoms with van der Waals surface area (Å²) >= 11 is 0. The second-order valence-corrected chi connectivity index (χ2v) is 18.2. The molecule has 9 heteroatoms. The number of allylic oxidation sites excluding steroid dienone is 6. The average Bonchev–Trinajstić information content (AvgIpc) is 3.15. The van der Waals surface area contributed by atoms with E-state index >= 15 is 0 Å². The number of carbonyl (C=O) groups is 1. The van der Waals surface area contributed by atoms with Crippen LogP contribution in [0.15, 0.2) is 36.5 Å². The molecule has 0 radical (unpaired) electrons. The molecule has 0 spiro atoms. The molecule has 0 aromatic carbocycles. The van der Waals surface area contributed by atoms with E-state index in [1.165, 1.54) is 122 Å². The fourth-order valence-electron chi connectivity index (χ4n) is 6.38. The van der Waals surface area contributed by atoms with Gasteiger partial charge in [0.1, 0.15) is 19.3 Å². The molecule has 0 saturated carbocycles. The third-order valence-corrected chi connectivity index (χ3v) is 10.9. The lowest BCUT2D eigenvalue weighted by Gasteiger charge is -2.28. The van der Waals surface area contributed by atoms with Gasteiger partial charge in [0.25, 0.3) is 7.82 Å². The van der Waals surface area contributed by atoms with Crippen molar-refractivity contribution in [3.05, 3.63) is 36.5 Å². The molecule has 2 unspecified atom stereocenters. The van der Waals surface area contributed by atoms with Crippen molar-refractivity contribution in [1.82, 2.24) is 0 Å². The zero-order chi connectivity index (χ0) is 41.3. The van der Waals surface area contributed by atoms with E-state index in [1.54, 1.807) is 0 Å². The summed E-state index contributed by atoms with van der Waals surface area (Å²) in [5.41, 5.74) is 0. The highest BCUT2D eigenvalue weighted by atomic mass is 31.2. The normalized spacial score (nSPS) is 14.0. The zero-order valence-electron chi connectivity index (χ0n) is 37.3. The lowest BCUT2D eigenvalue weighted by molar-refractivity contribution is -0.870. The number of hydrogen-bond donors (Lipinski definition) is 0. The van der Waals surface area contributed by atoms with Crippen LogP contribution in [-0.4, -0.2) is 70.7 Å². The van der Waals surface area contributed by atoms with E-state index in [2.05, 4.69) is 50.3 Å². The highest BCUT2D eigenvalue weighted by Crippen LogP contribution is 2.38. The number of rotatable bonds is 43. The van der Waals surface area contributed by atoms with Crippen LogP contribution in [0, 0.1) is 0 Å². The molecule has 0 rings (SSSR count). The van der Waals surface area contributed by atoms with Crippen molar-refractivity contribution in [3.63, 3.8) is 0 Å². The maximum atomic E-state index is 12.7. The number of phosphoric acid groups is 1. The third-order valence-electron chi connectivity index (χ3n) is 9.96. The van der Waals surface area contributed by atoms with Gasteiger partial charge in [-0.05, 0) is 44.9 Å². The van der Waals surface area contributed by atoms with Crippen LogP contribution < -0.4 is 4.89 Å². The van der Waals surface area contributed by atoms with Crippen molar-refractivity contribution >= 4 is 13.8 Å². The number of unbranched alkanes of at least 4 members (excludes halogenated alkanes) is 23. The van der Waals surface area contributed by atoms with E-state index < -0.39 is 13.9 Å². The standard InChI is InChI=1S/C47H90NO7P/c1-6-8-10-12-14-16-18-20-22-24-25-27-29-31-33-35-37-39-42-52-44-46(45-54-56(50,51)53-43-41-48(3,4)5)55-47(49)40-38-36-34-32-30-28-26-23-21-19-17-15-13-11-9-7-2/h8,10,14,16,20,22,46H,6-7,9,11-13,15,17-19,21,23-45H2,1-5H3/b10-8-,16-14-,22-20-. The van der Waals surface area contributed by atoms with Gasteiger partial charge >= 0.3 is 5.97 Å². The largest absolute Gasteiger partial charge is 0.756 e. The summed E-state index contributed by atoms with van der Waals surface area (Å²) in [5, 5.41) is 0. The highest BCUT2D eigenvalue weighted by Gasteiger charge is 2.20. The van der Waals surface area contributed by atoms with Crippen LogP contribution in [0.3, 0.4) is 0 Å². The minimum absolute atomic E-state index is 0.0254. The maximum Gasteiger partial charge on any atom is 0.306 e. The predicted octanol–water partition coefficient (Wildman–Crippen LogP) is 13.1. The van der Waals surface area contributed by atoms with E-state index in [0.717, 1.165) is 57.8 Å². The number of ether oxygens (including phenoxy) is 2. The van der Waals surface area contributed by atoms with Gasteiger partial charge in [-0.2, -0.15) is 0 Å². The van der Waals surface area contributed by atoms with Crippen molar-refractivity contribution in [3.8, 4) is 0 Å². The Bertz CT molecular complexity index is 994. The van der Waals surface area contributed by atoms with Gasteiger partial charge in [-0.25, -0.2) is 0 Å². The topological polar surface area (TPSA) is 94.1 Å². The average molecular weight is 812 g/mol. The van der Waals surface area contributed by atoms with Crippen molar-refractivity contribution in [2.75, 3.05) is 54.1 Å². The first-order chi connectivity index (χ1) is 27.1. The molecule has 0 bridgehead atoms. The minimum Gasteiger partial charge on any atom is -0.756 e. The summed E-state index contributed by atoms with van der Waals surface area (Å²) < 4.78 is 34.6. The molecular formula is C47H90NO7P. The molecule has 0 heterocycles. The Morgan fingerprint density at radius 3 is 1.55 bits per heavy atom. The summed E-state index contributed by atoms with van der Waals surface area (Å²) in [6, 6.07) is 0. The Labute approximate surface area is 346 Å². The molecule has 0 N–H and O–H groups in total. The Hall–Kier alpha value is -1.28. The van der Waals surface area contributed by atoms with Gasteiger partial charge in [-0.15, -0.1) is 0 Å². The van der Waals surface area contributed by atoms with Gasteiger partial charge in [0, 0.05) is 13.0 Å². The van der Waals surface area contributed by atoms with Gasteiger partial charge < -0.3 is 27.9 Å². The Balaban J connectivity index is 4.19. The molecule has 0 aromatic rings. The van der Waals surface area contributed by atoms with Crippen LogP contribution in [0.1, 0.15) is 200 Å². The van der Waals surface area contributed by atoms with Crippen LogP contribution in [-0.2, 0) is 27.9 Å². The SMILES string of the molecule is CC/C=C\C/C=C\C/C=C\CCCCCCCCCCOCC(COP(=O)([O-])OCC[N+](C)(C)C)OC(=O)CCCCCCCCCCCCCCCCCC. The van der Waals surface area contributed by atoms with E-state index in [-0.39, 0.29) is 25.8 Å². The minimum atomic E-state index is -4.53. The number of nitrogens with zero attached hydrogens (tertiary/aromatic N) is 1. The van der Waals surface area contributed by atoms with E-state index in [4.69, 9.17) is 18.5 Å². The Morgan fingerprint density at radius 1 is 0.571 bits per heavy atom. The molecule has 0 amide bonds. The highest BCUT2D eigenvalue weighted by molar-refractivity contribution is 7.45. The molecule has 56 heavy (non-hydrogen) atoms. The van der Waals surface area contributed by atoms with Crippen LogP contribution in [0.25, 0.3) is 0 Å². The predicted molar refractivity (Wildman–Crippen MR) is 236 cm³/mol. The second-order valence-electron chi connectivity index (χ2n) is 16.7. The Morgan fingerprint density at radius 2 is 1.04 bits per heavy atom. The summed E-state index contributed by atoms with van der Waals surface area (Å²) in [7, 11) is 1.36. The summed E-state index contributed by atoms with van der Waals surface area (Å²) in [6.07, 6.45) is 47.2. The molecule has 0 aliphatic rings. The lowest BCUT2D eigenvalue weighted by atomic mass is 10.0. The number of esters is 1. The van der Waals surface area contributed by atoms with Crippen molar-refractivity contribution in [2.24, 2.45) is 0 Å². The lowest BCUT2D eigenvalue weighted by Crippen LogP contribution is -2.37. The van der Waals surface area contributed by atoms with Gasteiger partial charge in [0.2, 0.25) is 0 Å². The van der Waals surface area contributed by atoms with Crippen molar-refractivity contribution in [1.29, 1.82) is 0 Å². The maximum absolute atomic E-state index is 12.7. The summed E-state index contributed by atoms with van der Waals surface area (Å²) in [6.45, 7) is 5.31. The quantitative estimate of drug-likeness (QED) is 0.0199. The van der Waals surface area contributed by atoms with Crippen molar-refractivity contribution in [2.45, 2.75) is 206 Å². The van der Waals surface area contributed by atoms with Gasteiger partial charge in [-0.1, -0.05) is 185 Å². The molecule has 2 atom stereocenters. The van der Waals surface area contributed by atoms with Crippen LogP contribution >= 0.6 is 7.82 Å². The van der Waals surface area contributed by atoms with E-state index in [0.29, 0.717) is 24.1 Å². The van der Waals surface area contributed by atoms with E-state index in [9.17, 15) is 14.3 Å². The number of likely N-dealkylation sites (N-methyl/N-ethyl adjacent to an activating group) is 1. The Kier molecular flexibility index (Phi) is 39.6. The van der Waals surface area contributed by atoms with Gasteiger partial charge in [0.15, 0.2) is 0 Å². The molecule has 0 saturated heterocycles. The first-order valence-corrected chi connectivity index (χ1v) is 24.7. The number of quaternary nitrogens is 1. The van der Waals surface area contributed by atoms with Crippen molar-refractivity contribution < 1.29 is 37.3 Å². The third kappa shape index (κ3) is 43.8. The first-order valence-electron chi connectivity index (χ1n) is 23.2. The smallest absolute Gasteiger partial charge is 0.306 e. The number of hydrogen-bond acceptors (Lipinski definition) is 7. The molecule has 0 aliphatic carbocycles. The molecule has 8 nitrogen and oxygen atoms in total. The summed E-state index contributed by atoms with van der Waals surface area (Å²) in [5.74, 6) is -0.335. The molecular weight excluding hydrogens is 721 g/mol. The molecule has 0 aromatic heterocycles. The first kappa shape index (κ1) is 54.7. The van der Waals surface area contributed by atoms with Gasteiger partial charge in [0.05, 0.1) is 34.4 Å². The van der Waals surface area contributed by atoms with Crippen LogP contribution in [0.2, 0.25) is 0 Å². The molecule has 330 valence electrons. The monoisotopic (exact) mass is 812 g/mol. The van der Waals surface area contributed by atoms with E-state index in [1.807, 2.05) is 21.1 Å². The molecule has 0 aliphatic heterocycles. The second kappa shape index (κ2) is 40.5. The van der Waals surface area contributed by atoms with Gasteiger partial charge in [-0.3, -0.25) is 9.36 Å². The fourth-order valence-corrected chi connectivity index (χ4v) is 7.11. The molecule has 0 fully saturated rings.